The van der Waals surface area contributed by atoms with Crippen LogP contribution in [0.25, 0.3) is 0 Å². The molecule has 98 valence electrons. The minimum absolute atomic E-state index is 0.215. The van der Waals surface area contributed by atoms with Crippen LogP contribution in [0.3, 0.4) is 0 Å². The molecule has 1 aliphatic rings. The van der Waals surface area contributed by atoms with Crippen molar-refractivity contribution in [1.29, 1.82) is 0 Å². The zero-order valence-electron chi connectivity index (χ0n) is 10.5. The number of nitrogens with two attached hydrogens (primary N) is 1. The van der Waals surface area contributed by atoms with Crippen molar-refractivity contribution in [3.8, 4) is 0 Å². The van der Waals surface area contributed by atoms with Crippen molar-refractivity contribution in [2.24, 2.45) is 0 Å². The average Bonchev–Trinajstić information content (AvgIpc) is 2.37. The Bertz CT molecular complexity index is 579. The van der Waals surface area contributed by atoms with E-state index in [1.807, 2.05) is 0 Å². The van der Waals surface area contributed by atoms with Crippen LogP contribution in [-0.2, 0) is 19.5 Å². The van der Waals surface area contributed by atoms with Gasteiger partial charge < -0.3 is 5.73 Å². The highest BCUT2D eigenvalue weighted by molar-refractivity contribution is 6.28. The quantitative estimate of drug-likeness (QED) is 0.854. The first-order valence-corrected chi connectivity index (χ1v) is 6.66. The summed E-state index contributed by atoms with van der Waals surface area (Å²) in [5.74, 6) is 0.424. The van der Waals surface area contributed by atoms with Crippen molar-refractivity contribution < 1.29 is 0 Å². The maximum atomic E-state index is 5.83. The maximum absolute atomic E-state index is 5.83. The zero-order valence-corrected chi connectivity index (χ0v) is 11.3. The molecule has 0 saturated heterocycles. The largest absolute Gasteiger partial charge is 0.384 e. The highest BCUT2D eigenvalue weighted by atomic mass is 35.5. The van der Waals surface area contributed by atoms with Gasteiger partial charge in [-0.3, -0.25) is 4.90 Å². The number of anilines is 1. The van der Waals surface area contributed by atoms with Gasteiger partial charge in [-0.1, -0.05) is 24.3 Å². The van der Waals surface area contributed by atoms with Gasteiger partial charge in [0.25, 0.3) is 0 Å². The Hall–Kier alpha value is -1.65. The van der Waals surface area contributed by atoms with E-state index in [4.69, 9.17) is 17.3 Å². The third-order valence-electron chi connectivity index (χ3n) is 3.37. The van der Waals surface area contributed by atoms with Crippen molar-refractivity contribution in [2.45, 2.75) is 19.5 Å². The van der Waals surface area contributed by atoms with Gasteiger partial charge >= 0.3 is 0 Å². The second kappa shape index (κ2) is 5.15. The average molecular weight is 275 g/mol. The molecule has 4 nitrogen and oxygen atoms in total. The molecule has 0 radical (unpaired) electrons. The van der Waals surface area contributed by atoms with Gasteiger partial charge in [-0.25, -0.2) is 9.97 Å². The van der Waals surface area contributed by atoms with Crippen LogP contribution in [0, 0.1) is 0 Å². The Balaban J connectivity index is 1.75. The third kappa shape index (κ3) is 2.85. The lowest BCUT2D eigenvalue weighted by Gasteiger charge is -2.28. The highest BCUT2D eigenvalue weighted by Gasteiger charge is 2.16. The number of rotatable bonds is 2. The van der Waals surface area contributed by atoms with Gasteiger partial charge in [0.15, 0.2) is 0 Å². The standard InChI is InChI=1S/C14H15ClN4/c15-14-17-12(7-13(16)18-14)9-19-6-5-10-3-1-2-4-11(10)8-19/h1-4,7H,5-6,8-9H2,(H2,16,17,18). The van der Waals surface area contributed by atoms with Gasteiger partial charge in [0.05, 0.1) is 5.69 Å². The summed E-state index contributed by atoms with van der Waals surface area (Å²) in [5, 5.41) is 0.215. The van der Waals surface area contributed by atoms with Crippen LogP contribution in [0.15, 0.2) is 30.3 Å². The van der Waals surface area contributed by atoms with Crippen LogP contribution in [0.4, 0.5) is 5.82 Å². The van der Waals surface area contributed by atoms with E-state index in [0.717, 1.165) is 31.7 Å². The predicted molar refractivity (Wildman–Crippen MR) is 75.7 cm³/mol. The van der Waals surface area contributed by atoms with E-state index >= 15 is 0 Å². The molecule has 5 heteroatoms. The molecule has 1 aromatic carbocycles. The molecule has 0 fully saturated rings. The topological polar surface area (TPSA) is 55.0 Å². The molecule has 1 aliphatic heterocycles. The van der Waals surface area contributed by atoms with Crippen LogP contribution in [0.1, 0.15) is 16.8 Å². The molecule has 0 unspecified atom stereocenters. The molecule has 0 spiro atoms. The van der Waals surface area contributed by atoms with Crippen LogP contribution in [0.5, 0.6) is 0 Å². The van der Waals surface area contributed by atoms with Crippen LogP contribution in [0.2, 0.25) is 5.28 Å². The van der Waals surface area contributed by atoms with Crippen molar-refractivity contribution in [2.75, 3.05) is 12.3 Å². The number of nitrogen functional groups attached to an aromatic ring is 1. The van der Waals surface area contributed by atoms with Gasteiger partial charge in [-0.2, -0.15) is 0 Å². The van der Waals surface area contributed by atoms with Crippen LogP contribution >= 0.6 is 11.6 Å². The minimum Gasteiger partial charge on any atom is -0.384 e. The molecule has 0 saturated carbocycles. The molecule has 0 aliphatic carbocycles. The van der Waals surface area contributed by atoms with Crippen molar-refractivity contribution in [3.63, 3.8) is 0 Å². The zero-order chi connectivity index (χ0) is 13.2. The molecule has 0 atom stereocenters. The Morgan fingerprint density at radius 1 is 1.21 bits per heavy atom. The van der Waals surface area contributed by atoms with Crippen molar-refractivity contribution in [1.82, 2.24) is 14.9 Å². The molecule has 2 heterocycles. The summed E-state index contributed by atoms with van der Waals surface area (Å²) in [6.07, 6.45) is 1.07. The molecular formula is C14H15ClN4. The number of hydrogen-bond acceptors (Lipinski definition) is 4. The normalized spacial score (nSPS) is 15.2. The van der Waals surface area contributed by atoms with E-state index in [1.54, 1.807) is 6.07 Å². The SMILES string of the molecule is Nc1cc(CN2CCc3ccccc3C2)nc(Cl)n1. The molecule has 3 rings (SSSR count). The fourth-order valence-electron chi connectivity index (χ4n) is 2.48. The molecule has 0 bridgehead atoms. The second-order valence-corrected chi connectivity index (χ2v) is 5.12. The summed E-state index contributed by atoms with van der Waals surface area (Å²) in [6.45, 7) is 2.72. The summed E-state index contributed by atoms with van der Waals surface area (Å²) in [7, 11) is 0. The summed E-state index contributed by atoms with van der Waals surface area (Å²) < 4.78 is 0. The predicted octanol–water partition coefficient (Wildman–Crippen LogP) is 2.27. The maximum Gasteiger partial charge on any atom is 0.224 e. The lowest BCUT2D eigenvalue weighted by atomic mass is 10.00. The lowest BCUT2D eigenvalue weighted by molar-refractivity contribution is 0.242. The van der Waals surface area contributed by atoms with Crippen LogP contribution < -0.4 is 5.73 Å². The van der Waals surface area contributed by atoms with Gasteiger partial charge in [-0.05, 0) is 29.1 Å². The van der Waals surface area contributed by atoms with E-state index in [9.17, 15) is 0 Å². The van der Waals surface area contributed by atoms with Crippen LogP contribution in [-0.4, -0.2) is 21.4 Å². The minimum atomic E-state index is 0.215. The number of fused-ring (bicyclic) bond motifs is 1. The molecule has 1 aromatic heterocycles. The number of nitrogens with zero attached hydrogens (tertiary/aromatic N) is 3. The first-order chi connectivity index (χ1) is 9.20. The number of aromatic nitrogens is 2. The Morgan fingerprint density at radius 2 is 2.00 bits per heavy atom. The van der Waals surface area contributed by atoms with Crippen molar-refractivity contribution >= 4 is 17.4 Å². The van der Waals surface area contributed by atoms with Gasteiger partial charge in [0.2, 0.25) is 5.28 Å². The van der Waals surface area contributed by atoms with Gasteiger partial charge in [0, 0.05) is 25.7 Å². The third-order valence-corrected chi connectivity index (χ3v) is 3.54. The fourth-order valence-corrected chi connectivity index (χ4v) is 2.69. The molecule has 0 amide bonds. The monoisotopic (exact) mass is 274 g/mol. The van der Waals surface area contributed by atoms with E-state index in [0.29, 0.717) is 5.82 Å². The summed E-state index contributed by atoms with van der Waals surface area (Å²) >= 11 is 5.83. The molecule has 2 aromatic rings. The molecule has 19 heavy (non-hydrogen) atoms. The number of halogens is 1. The first kappa shape index (κ1) is 12.4. The number of hydrogen-bond donors (Lipinski definition) is 1. The summed E-state index contributed by atoms with van der Waals surface area (Å²) in [5.41, 5.74) is 9.39. The van der Waals surface area contributed by atoms with E-state index in [1.165, 1.54) is 11.1 Å². The molecular weight excluding hydrogens is 260 g/mol. The number of benzene rings is 1. The summed E-state index contributed by atoms with van der Waals surface area (Å²) in [6, 6.07) is 10.3. The van der Waals surface area contributed by atoms with Gasteiger partial charge in [-0.15, -0.1) is 0 Å². The Labute approximate surface area is 117 Å². The van der Waals surface area contributed by atoms with E-state index < -0.39 is 0 Å². The Morgan fingerprint density at radius 3 is 2.79 bits per heavy atom. The second-order valence-electron chi connectivity index (χ2n) is 4.78. The Kier molecular flexibility index (Phi) is 3.36. The van der Waals surface area contributed by atoms with Crippen molar-refractivity contribution in [3.05, 3.63) is 52.4 Å². The van der Waals surface area contributed by atoms with Gasteiger partial charge in [0.1, 0.15) is 5.82 Å². The lowest BCUT2D eigenvalue weighted by Crippen LogP contribution is -2.30. The fraction of sp³-hybridized carbons (Fsp3) is 0.286. The smallest absolute Gasteiger partial charge is 0.224 e. The highest BCUT2D eigenvalue weighted by Crippen LogP contribution is 2.20. The first-order valence-electron chi connectivity index (χ1n) is 6.29. The van der Waals surface area contributed by atoms with E-state index in [-0.39, 0.29) is 5.28 Å². The molecule has 2 N–H and O–H groups in total. The van der Waals surface area contributed by atoms with E-state index in [2.05, 4.69) is 39.1 Å². The summed E-state index contributed by atoms with van der Waals surface area (Å²) in [4.78, 5) is 10.4.